The summed E-state index contributed by atoms with van der Waals surface area (Å²) < 4.78 is 17.4. The highest BCUT2D eigenvalue weighted by Crippen LogP contribution is 2.26. The van der Waals surface area contributed by atoms with E-state index in [0.717, 1.165) is 40.6 Å². The third-order valence-corrected chi connectivity index (χ3v) is 5.79. The Morgan fingerprint density at radius 3 is 2.75 bits per heavy atom. The van der Waals surface area contributed by atoms with Crippen molar-refractivity contribution in [3.05, 3.63) is 34.4 Å². The molecule has 1 saturated heterocycles. The number of benzene rings is 1. The second-order valence-electron chi connectivity index (χ2n) is 7.00. The van der Waals surface area contributed by atoms with Gasteiger partial charge in [0.05, 0.1) is 17.9 Å². The third-order valence-electron chi connectivity index (χ3n) is 5.23. The maximum Gasteiger partial charge on any atom is 0.330 e. The Hall–Kier alpha value is -2.85. The van der Waals surface area contributed by atoms with E-state index in [1.165, 1.54) is 11.7 Å². The van der Waals surface area contributed by atoms with Gasteiger partial charge in [0, 0.05) is 32.0 Å². The van der Waals surface area contributed by atoms with Gasteiger partial charge < -0.3 is 10.1 Å². The number of nitrogens with one attached hydrogen (secondary N) is 1. The van der Waals surface area contributed by atoms with Crippen molar-refractivity contribution in [2.75, 3.05) is 18.5 Å². The molecule has 144 valence electrons. The van der Waals surface area contributed by atoms with E-state index in [4.69, 9.17) is 4.74 Å². The molecule has 28 heavy (non-hydrogen) atoms. The van der Waals surface area contributed by atoms with E-state index in [0.29, 0.717) is 24.8 Å². The van der Waals surface area contributed by atoms with E-state index in [2.05, 4.69) is 24.0 Å². The zero-order valence-corrected chi connectivity index (χ0v) is 16.4. The summed E-state index contributed by atoms with van der Waals surface area (Å²) in [4.78, 5) is 21.9. The predicted octanol–water partition coefficient (Wildman–Crippen LogP) is 2.54. The van der Waals surface area contributed by atoms with Crippen LogP contribution in [0.25, 0.3) is 22.2 Å². The van der Waals surface area contributed by atoms with Crippen molar-refractivity contribution in [3.8, 4) is 0 Å². The van der Waals surface area contributed by atoms with Crippen LogP contribution in [0.15, 0.2) is 23.1 Å². The van der Waals surface area contributed by atoms with Crippen molar-refractivity contribution >= 4 is 45.6 Å². The van der Waals surface area contributed by atoms with E-state index < -0.39 is 0 Å². The van der Waals surface area contributed by atoms with Crippen LogP contribution in [0.3, 0.4) is 0 Å². The monoisotopic (exact) mass is 397 g/mol. The third kappa shape index (κ3) is 2.76. The van der Waals surface area contributed by atoms with Gasteiger partial charge in [-0.3, -0.25) is 9.13 Å². The highest BCUT2D eigenvalue weighted by Gasteiger charge is 2.23. The van der Waals surface area contributed by atoms with Crippen molar-refractivity contribution in [3.63, 3.8) is 0 Å². The molecule has 1 aliphatic rings. The fourth-order valence-corrected chi connectivity index (χ4v) is 4.17. The number of aromatic nitrogens is 6. The van der Waals surface area contributed by atoms with E-state index in [1.54, 1.807) is 22.4 Å². The van der Waals surface area contributed by atoms with Crippen LogP contribution in [0.2, 0.25) is 0 Å². The SMILES string of the molecule is Cc1cc2nsnc2cc1Nc1ncc2c(n1)n(C1CCOCC1)c(=O)n2C. The Kier molecular flexibility index (Phi) is 4.09. The van der Waals surface area contributed by atoms with Gasteiger partial charge in [-0.15, -0.1) is 0 Å². The Morgan fingerprint density at radius 2 is 1.96 bits per heavy atom. The van der Waals surface area contributed by atoms with Crippen LogP contribution in [-0.2, 0) is 11.8 Å². The van der Waals surface area contributed by atoms with Gasteiger partial charge in [-0.05, 0) is 37.5 Å². The van der Waals surface area contributed by atoms with Crippen LogP contribution in [0.1, 0.15) is 24.4 Å². The first-order chi connectivity index (χ1) is 13.6. The van der Waals surface area contributed by atoms with Gasteiger partial charge in [0.25, 0.3) is 0 Å². The lowest BCUT2D eigenvalue weighted by Crippen LogP contribution is -2.30. The smallest absolute Gasteiger partial charge is 0.330 e. The van der Waals surface area contributed by atoms with E-state index in [9.17, 15) is 4.79 Å². The summed E-state index contributed by atoms with van der Waals surface area (Å²) in [6, 6.07) is 4.02. The molecule has 1 aliphatic heterocycles. The van der Waals surface area contributed by atoms with Gasteiger partial charge in [-0.1, -0.05) is 0 Å². The molecule has 5 rings (SSSR count). The first-order valence-electron chi connectivity index (χ1n) is 9.13. The zero-order valence-electron chi connectivity index (χ0n) is 15.5. The van der Waals surface area contributed by atoms with Crippen LogP contribution in [0.4, 0.5) is 11.6 Å². The summed E-state index contributed by atoms with van der Waals surface area (Å²) in [5, 5.41) is 3.27. The lowest BCUT2D eigenvalue weighted by Gasteiger charge is -2.22. The van der Waals surface area contributed by atoms with Crippen LogP contribution < -0.4 is 11.0 Å². The van der Waals surface area contributed by atoms with Crippen LogP contribution >= 0.6 is 11.7 Å². The maximum absolute atomic E-state index is 12.8. The molecule has 0 amide bonds. The average molecular weight is 397 g/mol. The minimum absolute atomic E-state index is 0.0699. The summed E-state index contributed by atoms with van der Waals surface area (Å²) in [7, 11) is 1.75. The molecule has 1 N–H and O–H groups in total. The van der Waals surface area contributed by atoms with Crippen molar-refractivity contribution in [2.45, 2.75) is 25.8 Å². The zero-order chi connectivity index (χ0) is 19.3. The number of hydrogen-bond acceptors (Lipinski definition) is 8. The number of nitrogens with zero attached hydrogens (tertiary/aromatic N) is 6. The molecule has 0 bridgehead atoms. The van der Waals surface area contributed by atoms with Crippen molar-refractivity contribution < 1.29 is 4.74 Å². The summed E-state index contributed by atoms with van der Waals surface area (Å²) in [5.41, 5.74) is 4.90. The van der Waals surface area contributed by atoms with Crippen molar-refractivity contribution in [2.24, 2.45) is 7.05 Å². The molecule has 4 aromatic rings. The van der Waals surface area contributed by atoms with E-state index >= 15 is 0 Å². The molecule has 10 heteroatoms. The lowest BCUT2D eigenvalue weighted by atomic mass is 10.1. The van der Waals surface area contributed by atoms with Crippen molar-refractivity contribution in [1.82, 2.24) is 27.8 Å². The van der Waals surface area contributed by atoms with Crippen LogP contribution in [0, 0.1) is 6.92 Å². The number of anilines is 2. The second-order valence-corrected chi connectivity index (χ2v) is 7.53. The van der Waals surface area contributed by atoms with E-state index in [1.807, 2.05) is 19.1 Å². The van der Waals surface area contributed by atoms with Crippen LogP contribution in [-0.4, -0.2) is 41.1 Å². The number of imidazole rings is 1. The minimum atomic E-state index is -0.0699. The van der Waals surface area contributed by atoms with Gasteiger partial charge in [0.15, 0.2) is 5.65 Å². The Morgan fingerprint density at radius 1 is 1.21 bits per heavy atom. The predicted molar refractivity (Wildman–Crippen MR) is 107 cm³/mol. The first kappa shape index (κ1) is 17.3. The normalized spacial score (nSPS) is 15.5. The van der Waals surface area contributed by atoms with Gasteiger partial charge in [0.2, 0.25) is 5.95 Å². The Balaban J connectivity index is 1.58. The summed E-state index contributed by atoms with van der Waals surface area (Å²) in [6.07, 6.45) is 3.30. The molecule has 4 heterocycles. The molecular formula is C18H19N7O2S. The van der Waals surface area contributed by atoms with Gasteiger partial charge in [-0.25, -0.2) is 9.78 Å². The standard InChI is InChI=1S/C18H19N7O2S/c1-10-7-13-14(23-28-22-13)8-12(10)20-17-19-9-15-16(21-17)25(18(26)24(15)2)11-3-5-27-6-4-11/h7-9,11H,3-6H2,1-2H3,(H,19,20,21). The first-order valence-corrected chi connectivity index (χ1v) is 9.86. The van der Waals surface area contributed by atoms with Gasteiger partial charge >= 0.3 is 5.69 Å². The highest BCUT2D eigenvalue weighted by molar-refractivity contribution is 7.00. The number of fused-ring (bicyclic) bond motifs is 2. The average Bonchev–Trinajstić information content (AvgIpc) is 3.25. The number of hydrogen-bond donors (Lipinski definition) is 1. The van der Waals surface area contributed by atoms with Crippen molar-refractivity contribution in [1.29, 1.82) is 0 Å². The molecule has 9 nitrogen and oxygen atoms in total. The quantitative estimate of drug-likeness (QED) is 0.567. The highest BCUT2D eigenvalue weighted by atomic mass is 32.1. The lowest BCUT2D eigenvalue weighted by molar-refractivity contribution is 0.0695. The molecule has 0 saturated carbocycles. The molecule has 0 spiro atoms. The molecule has 0 aliphatic carbocycles. The molecular weight excluding hydrogens is 378 g/mol. The molecule has 1 fully saturated rings. The Bertz CT molecular complexity index is 1240. The van der Waals surface area contributed by atoms with Gasteiger partial charge in [0.1, 0.15) is 16.6 Å². The molecule has 0 unspecified atom stereocenters. The molecule has 3 aromatic heterocycles. The molecule has 1 aromatic carbocycles. The topological polar surface area (TPSA) is 99.8 Å². The second kappa shape index (κ2) is 6.64. The van der Waals surface area contributed by atoms with Crippen LogP contribution in [0.5, 0.6) is 0 Å². The molecule has 0 atom stereocenters. The Labute approximate surface area is 164 Å². The fraction of sp³-hybridized carbons (Fsp3) is 0.389. The number of rotatable bonds is 3. The largest absolute Gasteiger partial charge is 0.381 e. The number of aryl methyl sites for hydroxylation is 2. The summed E-state index contributed by atoms with van der Waals surface area (Å²) in [6.45, 7) is 3.31. The molecule has 0 radical (unpaired) electrons. The maximum atomic E-state index is 12.8. The summed E-state index contributed by atoms with van der Waals surface area (Å²) in [5.74, 6) is 0.449. The minimum Gasteiger partial charge on any atom is -0.381 e. The van der Waals surface area contributed by atoms with E-state index in [-0.39, 0.29) is 11.7 Å². The van der Waals surface area contributed by atoms with Gasteiger partial charge in [-0.2, -0.15) is 13.7 Å². The number of ether oxygens (including phenoxy) is 1. The summed E-state index contributed by atoms with van der Waals surface area (Å²) >= 11 is 1.19. The fourth-order valence-electron chi connectivity index (χ4n) is 3.66.